The molecule has 0 aliphatic rings. The molecule has 0 aliphatic carbocycles. The number of rotatable bonds is 7. The Kier molecular flexibility index (Phi) is 6.23. The fourth-order valence-corrected chi connectivity index (χ4v) is 1.66. The van der Waals surface area contributed by atoms with E-state index in [-0.39, 0.29) is 18.9 Å². The Morgan fingerprint density at radius 3 is 2.84 bits per heavy atom. The summed E-state index contributed by atoms with van der Waals surface area (Å²) in [5.41, 5.74) is 6.29. The second-order valence-corrected chi connectivity index (χ2v) is 4.02. The van der Waals surface area contributed by atoms with Gasteiger partial charge in [0.15, 0.2) is 0 Å². The minimum atomic E-state index is -0.00717. The van der Waals surface area contributed by atoms with E-state index in [1.807, 2.05) is 25.1 Å². The molecule has 0 saturated heterocycles. The van der Waals surface area contributed by atoms with E-state index in [1.165, 1.54) is 0 Å². The third kappa shape index (κ3) is 4.88. The number of anilines is 1. The number of para-hydroxylation sites is 2. The van der Waals surface area contributed by atoms with Gasteiger partial charge in [-0.1, -0.05) is 12.1 Å². The topological polar surface area (TPSA) is 79.3 Å². The second-order valence-electron chi connectivity index (χ2n) is 4.02. The molecule has 0 unspecified atom stereocenters. The summed E-state index contributed by atoms with van der Waals surface area (Å²) in [7, 11) is 0. The van der Waals surface area contributed by atoms with Gasteiger partial charge in [0.05, 0.1) is 31.2 Å². The number of nitrogen functional groups attached to an aromatic ring is 1. The highest BCUT2D eigenvalue weighted by atomic mass is 16.5. The Morgan fingerprint density at radius 2 is 2.21 bits per heavy atom. The molecule has 102 valence electrons. The van der Waals surface area contributed by atoms with Gasteiger partial charge in [0.2, 0.25) is 5.91 Å². The number of nitriles is 1. The van der Waals surface area contributed by atoms with Crippen molar-refractivity contribution in [3.05, 3.63) is 24.3 Å². The highest BCUT2D eigenvalue weighted by Gasteiger charge is 2.11. The quantitative estimate of drug-likeness (QED) is 0.759. The molecule has 0 aromatic heterocycles. The van der Waals surface area contributed by atoms with Gasteiger partial charge < -0.3 is 15.4 Å². The molecule has 5 nitrogen and oxygen atoms in total. The molecule has 1 amide bonds. The fourth-order valence-electron chi connectivity index (χ4n) is 1.66. The third-order valence-electron chi connectivity index (χ3n) is 2.72. The van der Waals surface area contributed by atoms with Crippen molar-refractivity contribution in [1.29, 1.82) is 5.26 Å². The van der Waals surface area contributed by atoms with Gasteiger partial charge in [-0.05, 0) is 19.1 Å². The van der Waals surface area contributed by atoms with Gasteiger partial charge in [0.1, 0.15) is 5.75 Å². The van der Waals surface area contributed by atoms with Gasteiger partial charge in [-0.3, -0.25) is 4.79 Å². The van der Waals surface area contributed by atoms with Crippen LogP contribution >= 0.6 is 0 Å². The summed E-state index contributed by atoms with van der Waals surface area (Å²) in [6, 6.07) is 9.22. The van der Waals surface area contributed by atoms with E-state index in [0.29, 0.717) is 30.9 Å². The fraction of sp³-hybridized carbons (Fsp3) is 0.429. The maximum absolute atomic E-state index is 11.9. The molecule has 0 aliphatic heterocycles. The average molecular weight is 261 g/mol. The van der Waals surface area contributed by atoms with E-state index >= 15 is 0 Å². The van der Waals surface area contributed by atoms with Crippen LogP contribution in [0.4, 0.5) is 5.69 Å². The zero-order valence-electron chi connectivity index (χ0n) is 11.1. The van der Waals surface area contributed by atoms with Gasteiger partial charge in [0.25, 0.3) is 0 Å². The first-order chi connectivity index (χ1) is 9.19. The van der Waals surface area contributed by atoms with Crippen LogP contribution in [0.2, 0.25) is 0 Å². The summed E-state index contributed by atoms with van der Waals surface area (Å²) in [5.74, 6) is 0.586. The van der Waals surface area contributed by atoms with Crippen LogP contribution in [0, 0.1) is 11.3 Å². The smallest absolute Gasteiger partial charge is 0.226 e. The van der Waals surface area contributed by atoms with Gasteiger partial charge in [-0.25, -0.2) is 0 Å². The highest BCUT2D eigenvalue weighted by molar-refractivity contribution is 5.76. The molecule has 19 heavy (non-hydrogen) atoms. The Morgan fingerprint density at radius 1 is 1.47 bits per heavy atom. The van der Waals surface area contributed by atoms with Crippen molar-refractivity contribution in [1.82, 2.24) is 4.90 Å². The maximum Gasteiger partial charge on any atom is 0.226 e. The minimum absolute atomic E-state index is 0.00717. The molecule has 0 radical (unpaired) electrons. The molecule has 0 spiro atoms. The van der Waals surface area contributed by atoms with Crippen molar-refractivity contribution < 1.29 is 9.53 Å². The predicted molar refractivity (Wildman–Crippen MR) is 73.5 cm³/mol. The Bertz CT molecular complexity index is 454. The molecule has 0 saturated carbocycles. The van der Waals surface area contributed by atoms with Crippen molar-refractivity contribution in [2.24, 2.45) is 0 Å². The number of carbonyl (C=O) groups is 1. The number of hydrogen-bond donors (Lipinski definition) is 1. The number of nitrogens with zero attached hydrogens (tertiary/aromatic N) is 2. The molecule has 0 bridgehead atoms. The second kappa shape index (κ2) is 7.98. The Hall–Kier alpha value is -2.22. The SMILES string of the molecule is CCN(CCC#N)C(=O)CCOc1ccccc1N. The van der Waals surface area contributed by atoms with Crippen molar-refractivity contribution in [3.8, 4) is 11.8 Å². The van der Waals surface area contributed by atoms with E-state index in [4.69, 9.17) is 15.7 Å². The standard InChI is InChI=1S/C14H19N3O2/c1-2-17(10-5-9-15)14(18)8-11-19-13-7-4-3-6-12(13)16/h3-4,6-7H,2,5,8,10-11,16H2,1H3. The van der Waals surface area contributed by atoms with Crippen molar-refractivity contribution >= 4 is 11.6 Å². The minimum Gasteiger partial charge on any atom is -0.491 e. The van der Waals surface area contributed by atoms with Gasteiger partial charge in [-0.2, -0.15) is 5.26 Å². The number of amides is 1. The van der Waals surface area contributed by atoms with Crippen LogP contribution in [0.1, 0.15) is 19.8 Å². The number of benzene rings is 1. The highest BCUT2D eigenvalue weighted by Crippen LogP contribution is 2.19. The lowest BCUT2D eigenvalue weighted by molar-refractivity contribution is -0.131. The zero-order valence-corrected chi connectivity index (χ0v) is 11.1. The average Bonchev–Trinajstić information content (AvgIpc) is 2.42. The summed E-state index contributed by atoms with van der Waals surface area (Å²) >= 11 is 0. The molecule has 5 heteroatoms. The Labute approximate surface area is 113 Å². The lowest BCUT2D eigenvalue weighted by Crippen LogP contribution is -2.32. The monoisotopic (exact) mass is 261 g/mol. The van der Waals surface area contributed by atoms with Crippen molar-refractivity contribution in [2.45, 2.75) is 19.8 Å². The van der Waals surface area contributed by atoms with Crippen LogP contribution in [0.3, 0.4) is 0 Å². The summed E-state index contributed by atoms with van der Waals surface area (Å²) < 4.78 is 5.47. The molecule has 0 fully saturated rings. The van der Waals surface area contributed by atoms with E-state index in [9.17, 15) is 4.79 Å². The summed E-state index contributed by atoms with van der Waals surface area (Å²) in [6.07, 6.45) is 0.639. The summed E-state index contributed by atoms with van der Waals surface area (Å²) in [5, 5.41) is 8.52. The largest absolute Gasteiger partial charge is 0.491 e. The maximum atomic E-state index is 11.9. The first-order valence-corrected chi connectivity index (χ1v) is 6.31. The molecule has 0 heterocycles. The first kappa shape index (κ1) is 14.8. The number of hydrogen-bond acceptors (Lipinski definition) is 4. The third-order valence-corrected chi connectivity index (χ3v) is 2.72. The lowest BCUT2D eigenvalue weighted by atomic mass is 10.3. The normalized spacial score (nSPS) is 9.68. The molecule has 2 N–H and O–H groups in total. The molecule has 1 aromatic rings. The van der Waals surface area contributed by atoms with Crippen molar-refractivity contribution in [3.63, 3.8) is 0 Å². The van der Waals surface area contributed by atoms with E-state index in [1.54, 1.807) is 17.0 Å². The van der Waals surface area contributed by atoms with Crippen LogP contribution in [0.25, 0.3) is 0 Å². The van der Waals surface area contributed by atoms with E-state index in [2.05, 4.69) is 0 Å². The van der Waals surface area contributed by atoms with Gasteiger partial charge >= 0.3 is 0 Å². The van der Waals surface area contributed by atoms with Crippen LogP contribution < -0.4 is 10.5 Å². The van der Waals surface area contributed by atoms with Crippen LogP contribution in [-0.4, -0.2) is 30.5 Å². The van der Waals surface area contributed by atoms with Crippen LogP contribution in [0.15, 0.2) is 24.3 Å². The van der Waals surface area contributed by atoms with E-state index in [0.717, 1.165) is 0 Å². The molecule has 1 aromatic carbocycles. The van der Waals surface area contributed by atoms with Gasteiger partial charge in [0, 0.05) is 13.1 Å². The summed E-state index contributed by atoms with van der Waals surface area (Å²) in [4.78, 5) is 13.5. The van der Waals surface area contributed by atoms with Crippen molar-refractivity contribution in [2.75, 3.05) is 25.4 Å². The molecular formula is C14H19N3O2. The number of ether oxygens (including phenoxy) is 1. The number of carbonyl (C=O) groups excluding carboxylic acids is 1. The molecular weight excluding hydrogens is 242 g/mol. The number of nitrogens with two attached hydrogens (primary N) is 1. The summed E-state index contributed by atoms with van der Waals surface area (Å²) in [6.45, 7) is 3.26. The van der Waals surface area contributed by atoms with Gasteiger partial charge in [-0.15, -0.1) is 0 Å². The first-order valence-electron chi connectivity index (χ1n) is 6.31. The van der Waals surface area contributed by atoms with Crippen LogP contribution in [0.5, 0.6) is 5.75 Å². The molecule has 1 rings (SSSR count). The zero-order chi connectivity index (χ0) is 14.1. The predicted octanol–water partition coefficient (Wildman–Crippen LogP) is 1.80. The lowest BCUT2D eigenvalue weighted by Gasteiger charge is -2.19. The Balaban J connectivity index is 2.38. The molecule has 0 atom stereocenters. The van der Waals surface area contributed by atoms with E-state index < -0.39 is 0 Å². The van der Waals surface area contributed by atoms with Crippen LogP contribution in [-0.2, 0) is 4.79 Å².